The van der Waals surface area contributed by atoms with Crippen molar-refractivity contribution in [2.24, 2.45) is 0 Å². The smallest absolute Gasteiger partial charge is 0.252 e. The first-order valence-electron chi connectivity index (χ1n) is 29.4. The molecule has 5 heteroatoms. The van der Waals surface area contributed by atoms with Crippen LogP contribution in [0.2, 0.25) is 0 Å². The van der Waals surface area contributed by atoms with Crippen LogP contribution in [0.3, 0.4) is 0 Å². The third-order valence-electron chi connectivity index (χ3n) is 19.5. The zero-order valence-corrected chi connectivity index (χ0v) is 50.8. The molecular weight excluding hydrogens is 974 g/mol. The molecule has 3 nitrogen and oxygen atoms in total. The topological polar surface area (TPSA) is 9.72 Å². The number of hydrogen-bond acceptors (Lipinski definition) is 4. The van der Waals surface area contributed by atoms with Crippen molar-refractivity contribution in [1.82, 2.24) is 0 Å². The number of thiophene rings is 1. The van der Waals surface area contributed by atoms with Crippen molar-refractivity contribution in [3.05, 3.63) is 190 Å². The molecule has 400 valence electrons. The summed E-state index contributed by atoms with van der Waals surface area (Å²) < 4.78 is 2.65. The SMILES string of the molecule is Cc1ccccc1N(c1ccc2c(c1)N(c1cccc3c1sc1cc(C(C)(C)C)ccc13)c1cc(C(C)(C)C)cc3c1B2c1cc2c(cc1N3c1ccc3c(c1)C(C)(C)CCC3(C)C)C(C)(C)CCC2(C)C)c1ccccc1C. The average molecular weight is 1050 g/mol. The second-order valence-corrected chi connectivity index (χ2v) is 29.9. The number of para-hydroxylation sites is 2. The standard InChI is InChI=1S/C74H80BN3S/c1-45-22-17-19-25-59(45)76(60-26-20-18-23-46(60)2)50-30-33-57-62(42-50)78(61-27-21-24-52-51-31-28-47(69(3,4)5)40-66(51)79-68(52)61)65-39-48(70(6,7)8)38-64-67(65)75(57)58-43-55-56(74(15,16)37-36-73(55,13)14)44-63(58)77(64)49-29-32-53-54(41-49)72(11,12)35-34-71(53,9)10/h17-33,38-44H,34-37H2,1-16H3. The Balaban J connectivity index is 1.17. The minimum Gasteiger partial charge on any atom is -0.311 e. The molecule has 4 aliphatic rings. The Morgan fingerprint density at radius 1 is 0.443 bits per heavy atom. The van der Waals surface area contributed by atoms with E-state index in [9.17, 15) is 0 Å². The molecule has 13 rings (SSSR count). The summed E-state index contributed by atoms with van der Waals surface area (Å²) in [4.78, 5) is 7.96. The zero-order chi connectivity index (χ0) is 55.7. The third-order valence-corrected chi connectivity index (χ3v) is 20.7. The Morgan fingerprint density at radius 3 is 1.61 bits per heavy atom. The van der Waals surface area contributed by atoms with Crippen LogP contribution in [0.1, 0.15) is 167 Å². The van der Waals surface area contributed by atoms with Crippen molar-refractivity contribution < 1.29 is 0 Å². The van der Waals surface area contributed by atoms with Gasteiger partial charge in [0.15, 0.2) is 0 Å². The molecule has 2 aliphatic carbocycles. The summed E-state index contributed by atoms with van der Waals surface area (Å²) in [5.74, 6) is 0. The molecule has 0 saturated carbocycles. The number of aryl methyl sites for hydroxylation is 2. The molecule has 2 aliphatic heterocycles. The van der Waals surface area contributed by atoms with E-state index in [0.717, 1.165) is 18.5 Å². The van der Waals surface area contributed by atoms with Gasteiger partial charge in [-0.3, -0.25) is 0 Å². The van der Waals surface area contributed by atoms with Crippen molar-refractivity contribution in [3.8, 4) is 0 Å². The molecule has 79 heavy (non-hydrogen) atoms. The molecule has 9 aromatic rings. The van der Waals surface area contributed by atoms with E-state index in [0.29, 0.717) is 0 Å². The van der Waals surface area contributed by atoms with E-state index in [1.54, 1.807) is 0 Å². The lowest BCUT2D eigenvalue weighted by Gasteiger charge is -2.48. The van der Waals surface area contributed by atoms with Gasteiger partial charge in [-0.05, 0) is 200 Å². The molecule has 0 bridgehead atoms. The highest BCUT2D eigenvalue weighted by Gasteiger charge is 2.48. The van der Waals surface area contributed by atoms with Crippen molar-refractivity contribution in [2.75, 3.05) is 14.7 Å². The number of hydrogen-bond donors (Lipinski definition) is 0. The van der Waals surface area contributed by atoms with Crippen molar-refractivity contribution in [2.45, 2.75) is 169 Å². The first kappa shape index (κ1) is 51.9. The fourth-order valence-corrected chi connectivity index (χ4v) is 15.6. The number of nitrogens with zero attached hydrogens (tertiary/aromatic N) is 3. The van der Waals surface area contributed by atoms with Crippen LogP contribution in [0, 0.1) is 13.8 Å². The number of anilines is 9. The summed E-state index contributed by atoms with van der Waals surface area (Å²) in [7, 11) is 0. The molecule has 0 atom stereocenters. The van der Waals surface area contributed by atoms with E-state index in [2.05, 4.69) is 271 Å². The lowest BCUT2D eigenvalue weighted by molar-refractivity contribution is 0.332. The third kappa shape index (κ3) is 8.08. The fraction of sp³-hybridized carbons (Fsp3) is 0.351. The van der Waals surface area contributed by atoms with Gasteiger partial charge >= 0.3 is 0 Å². The average Bonchev–Trinajstić information content (AvgIpc) is 3.09. The maximum absolute atomic E-state index is 2.74. The summed E-state index contributed by atoms with van der Waals surface area (Å²) in [5.41, 5.74) is 26.4. The molecule has 1 aromatic heterocycles. The van der Waals surface area contributed by atoms with Gasteiger partial charge < -0.3 is 14.7 Å². The second-order valence-electron chi connectivity index (χ2n) is 28.9. The van der Waals surface area contributed by atoms with Gasteiger partial charge in [-0.1, -0.05) is 176 Å². The Morgan fingerprint density at radius 2 is 1.00 bits per heavy atom. The van der Waals surface area contributed by atoms with Crippen LogP contribution < -0.4 is 31.1 Å². The highest BCUT2D eigenvalue weighted by molar-refractivity contribution is 7.26. The van der Waals surface area contributed by atoms with Gasteiger partial charge in [-0.2, -0.15) is 0 Å². The molecule has 0 unspecified atom stereocenters. The maximum Gasteiger partial charge on any atom is 0.252 e. The highest BCUT2D eigenvalue weighted by atomic mass is 32.1. The Bertz CT molecular complexity index is 3950. The van der Waals surface area contributed by atoms with Gasteiger partial charge in [-0.15, -0.1) is 11.3 Å². The molecule has 3 heterocycles. The van der Waals surface area contributed by atoms with Crippen LogP contribution in [-0.4, -0.2) is 6.71 Å². The Labute approximate surface area is 476 Å². The summed E-state index contributed by atoms with van der Waals surface area (Å²) in [6.45, 7) is 38.6. The van der Waals surface area contributed by atoms with Crippen LogP contribution in [0.4, 0.5) is 51.2 Å². The predicted molar refractivity (Wildman–Crippen MR) is 345 cm³/mol. The molecule has 0 spiro atoms. The zero-order valence-electron chi connectivity index (χ0n) is 50.0. The van der Waals surface area contributed by atoms with Crippen LogP contribution in [-0.2, 0) is 32.5 Å². The lowest BCUT2D eigenvalue weighted by Crippen LogP contribution is -2.62. The quantitative estimate of drug-likeness (QED) is 0.159. The summed E-state index contributed by atoms with van der Waals surface area (Å²) in [6, 6.07) is 57.8. The van der Waals surface area contributed by atoms with E-state index in [4.69, 9.17) is 0 Å². The molecule has 8 aromatic carbocycles. The van der Waals surface area contributed by atoms with Gasteiger partial charge in [0.2, 0.25) is 0 Å². The summed E-state index contributed by atoms with van der Waals surface area (Å²) in [5, 5.41) is 2.63. The minimum absolute atomic E-state index is 0.0179. The van der Waals surface area contributed by atoms with Gasteiger partial charge in [-0.25, -0.2) is 0 Å². The van der Waals surface area contributed by atoms with Gasteiger partial charge in [0.25, 0.3) is 6.71 Å². The molecule has 0 fully saturated rings. The van der Waals surface area contributed by atoms with Crippen LogP contribution >= 0.6 is 11.3 Å². The molecule has 0 saturated heterocycles. The molecule has 0 N–H and O–H groups in total. The van der Waals surface area contributed by atoms with E-state index in [-0.39, 0.29) is 39.2 Å². The summed E-state index contributed by atoms with van der Waals surface area (Å²) in [6.07, 6.45) is 4.67. The normalized spacial score (nSPS) is 17.5. The van der Waals surface area contributed by atoms with Crippen LogP contribution in [0.15, 0.2) is 146 Å². The lowest BCUT2D eigenvalue weighted by atomic mass is 9.33. The predicted octanol–water partition coefficient (Wildman–Crippen LogP) is 19.5. The van der Waals surface area contributed by atoms with E-state index in [1.807, 2.05) is 11.3 Å². The molecular formula is C74H80BN3S. The minimum atomic E-state index is -0.163. The van der Waals surface area contributed by atoms with E-state index < -0.39 is 0 Å². The first-order valence-corrected chi connectivity index (χ1v) is 30.2. The maximum atomic E-state index is 2.74. The van der Waals surface area contributed by atoms with E-state index in [1.165, 1.54) is 139 Å². The second kappa shape index (κ2) is 17.5. The Kier molecular flexibility index (Phi) is 11.5. The first-order chi connectivity index (χ1) is 37.2. The summed E-state index contributed by atoms with van der Waals surface area (Å²) >= 11 is 1.96. The number of benzene rings is 8. The highest BCUT2D eigenvalue weighted by Crippen LogP contribution is 2.55. The monoisotopic (exact) mass is 1050 g/mol. The number of fused-ring (bicyclic) bond motifs is 9. The van der Waals surface area contributed by atoms with Crippen molar-refractivity contribution >= 4 is 106 Å². The van der Waals surface area contributed by atoms with E-state index >= 15 is 0 Å². The molecule has 0 amide bonds. The van der Waals surface area contributed by atoms with Crippen LogP contribution in [0.5, 0.6) is 0 Å². The Hall–Kier alpha value is -6.56. The fourth-order valence-electron chi connectivity index (χ4n) is 14.3. The van der Waals surface area contributed by atoms with Gasteiger partial charge in [0, 0.05) is 61.0 Å². The largest absolute Gasteiger partial charge is 0.311 e. The van der Waals surface area contributed by atoms with Crippen LogP contribution in [0.25, 0.3) is 20.2 Å². The van der Waals surface area contributed by atoms with Gasteiger partial charge in [0.05, 0.1) is 10.4 Å². The van der Waals surface area contributed by atoms with Crippen molar-refractivity contribution in [3.63, 3.8) is 0 Å². The van der Waals surface area contributed by atoms with Gasteiger partial charge in [0.1, 0.15) is 0 Å². The van der Waals surface area contributed by atoms with Crippen molar-refractivity contribution in [1.29, 1.82) is 0 Å². The number of rotatable bonds is 5. The molecule has 0 radical (unpaired) electrons.